The van der Waals surface area contributed by atoms with Crippen molar-refractivity contribution in [1.82, 2.24) is 0 Å². The first-order valence-corrected chi connectivity index (χ1v) is 9.66. The average Bonchev–Trinajstić information content (AvgIpc) is 2.56. The molecule has 0 bridgehead atoms. The molecule has 0 unspecified atom stereocenters. The van der Waals surface area contributed by atoms with E-state index < -0.39 is 15.8 Å². The fourth-order valence-electron chi connectivity index (χ4n) is 2.31. The Kier molecular flexibility index (Phi) is 6.10. The topological polar surface area (TPSA) is 83.6 Å². The van der Waals surface area contributed by atoms with Crippen LogP contribution in [0.15, 0.2) is 48.5 Å². The summed E-state index contributed by atoms with van der Waals surface area (Å²) >= 11 is 0. The quantitative estimate of drug-likeness (QED) is 0.751. The monoisotopic (exact) mass is 378 g/mol. The molecule has 1 amide bonds. The van der Waals surface area contributed by atoms with Gasteiger partial charge in [-0.1, -0.05) is 0 Å². The van der Waals surface area contributed by atoms with Crippen molar-refractivity contribution in [2.75, 3.05) is 22.4 Å². The van der Waals surface area contributed by atoms with E-state index in [4.69, 9.17) is 0 Å². The van der Waals surface area contributed by atoms with E-state index in [0.717, 1.165) is 22.7 Å². The van der Waals surface area contributed by atoms with Gasteiger partial charge in [-0.15, -0.1) is 0 Å². The molecule has 26 heavy (non-hydrogen) atoms. The first kappa shape index (κ1) is 19.6. The normalized spacial score (nSPS) is 11.0. The number of carbonyl (C=O) groups is 2. The number of nitrogens with zero attached hydrogens (tertiary/aromatic N) is 1. The molecule has 0 atom stereocenters. The molecule has 1 N–H and O–H groups in total. The fraction of sp³-hybridized carbons (Fsp3) is 0.222. The second-order valence-corrected chi connectivity index (χ2v) is 7.65. The van der Waals surface area contributed by atoms with E-state index in [1.807, 2.05) is 0 Å². The zero-order chi connectivity index (χ0) is 19.3. The molecule has 0 aliphatic heterocycles. The second-order valence-electron chi connectivity index (χ2n) is 5.74. The zero-order valence-corrected chi connectivity index (χ0v) is 15.2. The van der Waals surface area contributed by atoms with E-state index in [1.54, 1.807) is 24.3 Å². The van der Waals surface area contributed by atoms with Crippen molar-refractivity contribution >= 4 is 33.1 Å². The molecule has 2 aromatic carbocycles. The van der Waals surface area contributed by atoms with Gasteiger partial charge in [0, 0.05) is 24.2 Å². The van der Waals surface area contributed by atoms with Gasteiger partial charge in [0.05, 0.1) is 11.9 Å². The highest BCUT2D eigenvalue weighted by molar-refractivity contribution is 7.92. The lowest BCUT2D eigenvalue weighted by Crippen LogP contribution is -2.33. The van der Waals surface area contributed by atoms with Gasteiger partial charge < -0.3 is 5.32 Å². The molecule has 0 saturated heterocycles. The second kappa shape index (κ2) is 8.09. The third-order valence-corrected chi connectivity index (χ3v) is 4.83. The molecule has 138 valence electrons. The number of hydrogen-bond acceptors (Lipinski definition) is 4. The van der Waals surface area contributed by atoms with Crippen LogP contribution in [0.1, 0.15) is 23.7 Å². The Morgan fingerprint density at radius 1 is 1.04 bits per heavy atom. The number of benzene rings is 2. The first-order chi connectivity index (χ1) is 12.2. The van der Waals surface area contributed by atoms with Crippen LogP contribution in [0, 0.1) is 5.82 Å². The molecule has 0 radical (unpaired) electrons. The third-order valence-electron chi connectivity index (χ3n) is 3.63. The molecule has 2 aromatic rings. The summed E-state index contributed by atoms with van der Waals surface area (Å²) in [5.41, 5.74) is 1.32. The molecular formula is C18H19FN2O4S. The number of halogens is 1. The molecule has 0 spiro atoms. The van der Waals surface area contributed by atoms with Crippen molar-refractivity contribution in [3.8, 4) is 0 Å². The number of ketones is 1. The standard InChI is InChI=1S/C18H19FN2O4S/c1-13(22)14-3-7-16(8-4-14)20-18(23)11-12-21(26(2,24)25)17-9-5-15(19)6-10-17/h3-10H,11-12H2,1-2H3,(H,20,23). The average molecular weight is 378 g/mol. The molecule has 0 saturated carbocycles. The van der Waals surface area contributed by atoms with Crippen LogP contribution in [0.4, 0.5) is 15.8 Å². The number of hydrogen-bond donors (Lipinski definition) is 1. The van der Waals surface area contributed by atoms with Crippen LogP contribution in [0.2, 0.25) is 0 Å². The summed E-state index contributed by atoms with van der Waals surface area (Å²) in [6.45, 7) is 1.37. The molecule has 0 heterocycles. The fourth-order valence-corrected chi connectivity index (χ4v) is 3.24. The van der Waals surface area contributed by atoms with Gasteiger partial charge in [0.15, 0.2) is 5.78 Å². The minimum absolute atomic E-state index is 0.0778. The molecule has 0 aromatic heterocycles. The molecule has 0 aliphatic rings. The minimum Gasteiger partial charge on any atom is -0.326 e. The van der Waals surface area contributed by atoms with Gasteiger partial charge in [-0.05, 0) is 55.5 Å². The van der Waals surface area contributed by atoms with Crippen molar-refractivity contribution in [2.24, 2.45) is 0 Å². The predicted octanol–water partition coefficient (Wildman–Crippen LogP) is 2.82. The van der Waals surface area contributed by atoms with Gasteiger partial charge >= 0.3 is 0 Å². The maximum atomic E-state index is 13.0. The van der Waals surface area contributed by atoms with E-state index in [9.17, 15) is 22.4 Å². The van der Waals surface area contributed by atoms with Crippen LogP contribution in [0.3, 0.4) is 0 Å². The Bertz CT molecular complexity index is 894. The Labute approximate surface area is 151 Å². The number of carbonyl (C=O) groups excluding carboxylic acids is 2. The van der Waals surface area contributed by atoms with Gasteiger partial charge in [-0.3, -0.25) is 13.9 Å². The summed E-state index contributed by atoms with van der Waals surface area (Å²) in [5, 5.41) is 2.64. The van der Waals surface area contributed by atoms with E-state index in [-0.39, 0.29) is 30.3 Å². The summed E-state index contributed by atoms with van der Waals surface area (Å²) in [6.07, 6.45) is 0.938. The van der Waals surface area contributed by atoms with Gasteiger partial charge in [0.2, 0.25) is 15.9 Å². The highest BCUT2D eigenvalue weighted by Crippen LogP contribution is 2.18. The molecular weight excluding hydrogens is 359 g/mol. The Hall–Kier alpha value is -2.74. The molecule has 2 rings (SSSR count). The Morgan fingerprint density at radius 2 is 1.62 bits per heavy atom. The first-order valence-electron chi connectivity index (χ1n) is 7.81. The number of sulfonamides is 1. The van der Waals surface area contributed by atoms with Gasteiger partial charge in [-0.25, -0.2) is 12.8 Å². The van der Waals surface area contributed by atoms with Crippen LogP contribution in [0.5, 0.6) is 0 Å². The molecule has 8 heteroatoms. The largest absolute Gasteiger partial charge is 0.326 e. The summed E-state index contributed by atoms with van der Waals surface area (Å²) in [6, 6.07) is 11.4. The van der Waals surface area contributed by atoms with Gasteiger partial charge in [0.25, 0.3) is 0 Å². The molecule has 0 fully saturated rings. The number of anilines is 2. The number of rotatable bonds is 7. The van der Waals surface area contributed by atoms with Crippen molar-refractivity contribution in [1.29, 1.82) is 0 Å². The lowest BCUT2D eigenvalue weighted by molar-refractivity contribution is -0.116. The highest BCUT2D eigenvalue weighted by Gasteiger charge is 2.18. The van der Waals surface area contributed by atoms with Crippen LogP contribution in [0.25, 0.3) is 0 Å². The SMILES string of the molecule is CC(=O)c1ccc(NC(=O)CCN(c2ccc(F)cc2)S(C)(=O)=O)cc1. The maximum Gasteiger partial charge on any atom is 0.232 e. The Balaban J connectivity index is 2.02. The van der Waals surface area contributed by atoms with Crippen molar-refractivity contribution in [2.45, 2.75) is 13.3 Å². The molecule has 0 aliphatic carbocycles. The van der Waals surface area contributed by atoms with Crippen LogP contribution >= 0.6 is 0 Å². The minimum atomic E-state index is -3.62. The van der Waals surface area contributed by atoms with Crippen molar-refractivity contribution in [3.05, 3.63) is 59.9 Å². The highest BCUT2D eigenvalue weighted by atomic mass is 32.2. The van der Waals surface area contributed by atoms with E-state index in [1.165, 1.54) is 19.1 Å². The van der Waals surface area contributed by atoms with Gasteiger partial charge in [0.1, 0.15) is 5.82 Å². The Morgan fingerprint density at radius 3 is 2.12 bits per heavy atom. The van der Waals surface area contributed by atoms with E-state index in [2.05, 4.69) is 5.32 Å². The van der Waals surface area contributed by atoms with E-state index >= 15 is 0 Å². The zero-order valence-electron chi connectivity index (χ0n) is 14.4. The van der Waals surface area contributed by atoms with Crippen molar-refractivity contribution < 1.29 is 22.4 Å². The summed E-state index contributed by atoms with van der Waals surface area (Å²) in [5.74, 6) is -0.934. The number of Topliss-reactive ketones (excluding diaryl/α,β-unsaturated/α-hetero) is 1. The number of amides is 1. The third kappa shape index (κ3) is 5.38. The van der Waals surface area contributed by atoms with E-state index in [0.29, 0.717) is 11.3 Å². The van der Waals surface area contributed by atoms with Crippen LogP contribution in [-0.2, 0) is 14.8 Å². The number of nitrogens with one attached hydrogen (secondary N) is 1. The summed E-state index contributed by atoms with van der Waals surface area (Å²) in [4.78, 5) is 23.3. The van der Waals surface area contributed by atoms with Gasteiger partial charge in [-0.2, -0.15) is 0 Å². The van der Waals surface area contributed by atoms with Crippen LogP contribution in [-0.4, -0.2) is 32.9 Å². The summed E-state index contributed by atoms with van der Waals surface area (Å²) < 4.78 is 38.0. The lowest BCUT2D eigenvalue weighted by Gasteiger charge is -2.22. The van der Waals surface area contributed by atoms with Crippen LogP contribution < -0.4 is 9.62 Å². The smallest absolute Gasteiger partial charge is 0.232 e. The maximum absolute atomic E-state index is 13.0. The lowest BCUT2D eigenvalue weighted by atomic mass is 10.1. The van der Waals surface area contributed by atoms with Crippen molar-refractivity contribution in [3.63, 3.8) is 0 Å². The molecule has 6 nitrogen and oxygen atoms in total. The summed E-state index contributed by atoms with van der Waals surface area (Å²) in [7, 11) is -3.62. The predicted molar refractivity (Wildman–Crippen MR) is 98.3 cm³/mol.